The molecule has 5 heteroatoms. The summed E-state index contributed by atoms with van der Waals surface area (Å²) in [6.45, 7) is 6.32. The quantitative estimate of drug-likeness (QED) is 0.788. The van der Waals surface area contributed by atoms with E-state index in [1.165, 1.54) is 5.56 Å². The number of aryl methyl sites for hydroxylation is 1. The molecule has 2 amide bonds. The molecule has 1 fully saturated rings. The van der Waals surface area contributed by atoms with Gasteiger partial charge in [0.05, 0.1) is 0 Å². The third kappa shape index (κ3) is 3.97. The molecule has 1 aliphatic rings. The summed E-state index contributed by atoms with van der Waals surface area (Å²) >= 11 is 0. The fourth-order valence-corrected chi connectivity index (χ4v) is 2.30. The van der Waals surface area contributed by atoms with Crippen molar-refractivity contribution in [2.45, 2.75) is 45.2 Å². The summed E-state index contributed by atoms with van der Waals surface area (Å²) < 4.78 is 0. The third-order valence-electron chi connectivity index (χ3n) is 3.67. The van der Waals surface area contributed by atoms with Gasteiger partial charge in [0, 0.05) is 12.2 Å². The van der Waals surface area contributed by atoms with Crippen molar-refractivity contribution in [3.63, 3.8) is 0 Å². The number of nitrogens with one attached hydrogen (secondary N) is 3. The largest absolute Gasteiger partial charge is 0.372 e. The number of hydrogen-bond acceptors (Lipinski definition) is 3. The molecule has 21 heavy (non-hydrogen) atoms. The first-order chi connectivity index (χ1) is 9.88. The number of anilines is 1. The molecule has 0 radical (unpaired) electrons. The standard InChI is InChI=1S/C16H23N3O2/c1-11-6-8-12(9-7-11)19-16(2,3)15(21)18-13-5-4-10-17-14(13)20/h6-9,13,19H,4-5,10H2,1-3H3,(H,17,20)(H,18,21)/t13-/m0/s1. The third-order valence-corrected chi connectivity index (χ3v) is 3.67. The Kier molecular flexibility index (Phi) is 4.50. The highest BCUT2D eigenvalue weighted by molar-refractivity contribution is 5.93. The fourth-order valence-electron chi connectivity index (χ4n) is 2.30. The molecule has 1 aliphatic heterocycles. The molecular formula is C16H23N3O2. The van der Waals surface area contributed by atoms with Crippen molar-refractivity contribution in [2.75, 3.05) is 11.9 Å². The first-order valence-corrected chi connectivity index (χ1v) is 7.32. The van der Waals surface area contributed by atoms with Gasteiger partial charge in [-0.1, -0.05) is 17.7 Å². The zero-order chi connectivity index (χ0) is 15.5. The van der Waals surface area contributed by atoms with Crippen LogP contribution in [-0.2, 0) is 9.59 Å². The Morgan fingerprint density at radius 2 is 1.95 bits per heavy atom. The second kappa shape index (κ2) is 6.16. The Morgan fingerprint density at radius 3 is 2.57 bits per heavy atom. The van der Waals surface area contributed by atoms with Crippen LogP contribution in [0.5, 0.6) is 0 Å². The van der Waals surface area contributed by atoms with E-state index in [1.807, 2.05) is 45.0 Å². The molecule has 0 unspecified atom stereocenters. The molecule has 3 N–H and O–H groups in total. The molecular weight excluding hydrogens is 266 g/mol. The van der Waals surface area contributed by atoms with Gasteiger partial charge in [0.1, 0.15) is 11.6 Å². The number of amides is 2. The van der Waals surface area contributed by atoms with Gasteiger partial charge < -0.3 is 16.0 Å². The second-order valence-corrected chi connectivity index (χ2v) is 6.08. The zero-order valence-electron chi connectivity index (χ0n) is 12.8. The summed E-state index contributed by atoms with van der Waals surface area (Å²) in [6, 6.07) is 7.44. The molecule has 1 saturated heterocycles. The van der Waals surface area contributed by atoms with E-state index in [9.17, 15) is 9.59 Å². The molecule has 0 saturated carbocycles. The maximum Gasteiger partial charge on any atom is 0.245 e. The Hall–Kier alpha value is -2.04. The van der Waals surface area contributed by atoms with E-state index in [0.717, 1.165) is 12.1 Å². The Labute approximate surface area is 125 Å². The van der Waals surface area contributed by atoms with Crippen LogP contribution in [0, 0.1) is 6.92 Å². The van der Waals surface area contributed by atoms with Gasteiger partial charge in [-0.15, -0.1) is 0 Å². The van der Waals surface area contributed by atoms with Crippen molar-refractivity contribution in [3.8, 4) is 0 Å². The Balaban J connectivity index is 1.99. The summed E-state index contributed by atoms with van der Waals surface area (Å²) in [5, 5.41) is 8.80. The van der Waals surface area contributed by atoms with E-state index in [1.54, 1.807) is 0 Å². The van der Waals surface area contributed by atoms with Crippen molar-refractivity contribution in [3.05, 3.63) is 29.8 Å². The van der Waals surface area contributed by atoms with Crippen molar-refractivity contribution in [1.82, 2.24) is 10.6 Å². The highest BCUT2D eigenvalue weighted by Crippen LogP contribution is 2.16. The smallest absolute Gasteiger partial charge is 0.245 e. The lowest BCUT2D eigenvalue weighted by molar-refractivity contribution is -0.131. The maximum absolute atomic E-state index is 12.4. The second-order valence-electron chi connectivity index (χ2n) is 6.08. The van der Waals surface area contributed by atoms with Gasteiger partial charge in [-0.05, 0) is 45.7 Å². The molecule has 1 aromatic carbocycles. The van der Waals surface area contributed by atoms with Gasteiger partial charge in [-0.3, -0.25) is 9.59 Å². The van der Waals surface area contributed by atoms with Gasteiger partial charge >= 0.3 is 0 Å². The minimum absolute atomic E-state index is 0.0965. The van der Waals surface area contributed by atoms with Gasteiger partial charge in [-0.25, -0.2) is 0 Å². The van der Waals surface area contributed by atoms with Gasteiger partial charge in [0.15, 0.2) is 0 Å². The van der Waals surface area contributed by atoms with Crippen LogP contribution in [0.4, 0.5) is 5.69 Å². The molecule has 5 nitrogen and oxygen atoms in total. The lowest BCUT2D eigenvalue weighted by atomic mass is 10.0. The van der Waals surface area contributed by atoms with Crippen LogP contribution in [0.3, 0.4) is 0 Å². The van der Waals surface area contributed by atoms with Gasteiger partial charge in [-0.2, -0.15) is 0 Å². The van der Waals surface area contributed by atoms with E-state index in [2.05, 4.69) is 16.0 Å². The summed E-state index contributed by atoms with van der Waals surface area (Å²) in [5.41, 5.74) is 1.27. The summed E-state index contributed by atoms with van der Waals surface area (Å²) in [6.07, 6.45) is 1.58. The monoisotopic (exact) mass is 289 g/mol. The van der Waals surface area contributed by atoms with Gasteiger partial charge in [0.25, 0.3) is 0 Å². The maximum atomic E-state index is 12.4. The molecule has 0 bridgehead atoms. The lowest BCUT2D eigenvalue weighted by Gasteiger charge is -2.30. The van der Waals surface area contributed by atoms with Crippen LogP contribution < -0.4 is 16.0 Å². The van der Waals surface area contributed by atoms with Crippen molar-refractivity contribution in [1.29, 1.82) is 0 Å². The van der Waals surface area contributed by atoms with Crippen LogP contribution in [0.25, 0.3) is 0 Å². The number of rotatable bonds is 4. The number of piperidine rings is 1. The van der Waals surface area contributed by atoms with Crippen LogP contribution >= 0.6 is 0 Å². The van der Waals surface area contributed by atoms with E-state index >= 15 is 0 Å². The van der Waals surface area contributed by atoms with Gasteiger partial charge in [0.2, 0.25) is 11.8 Å². The van der Waals surface area contributed by atoms with Crippen LogP contribution in [0.15, 0.2) is 24.3 Å². The molecule has 1 aromatic rings. The summed E-state index contributed by atoms with van der Waals surface area (Å²) in [7, 11) is 0. The average molecular weight is 289 g/mol. The highest BCUT2D eigenvalue weighted by Gasteiger charge is 2.32. The van der Waals surface area contributed by atoms with Crippen LogP contribution in [0.1, 0.15) is 32.3 Å². The Bertz CT molecular complexity index is 523. The SMILES string of the molecule is Cc1ccc(NC(C)(C)C(=O)N[C@H]2CCCNC2=O)cc1. The molecule has 114 valence electrons. The minimum Gasteiger partial charge on any atom is -0.372 e. The molecule has 1 atom stereocenters. The van der Waals surface area contributed by atoms with Crippen molar-refractivity contribution < 1.29 is 9.59 Å². The van der Waals surface area contributed by atoms with Crippen LogP contribution in [0.2, 0.25) is 0 Å². The molecule has 0 spiro atoms. The Morgan fingerprint density at radius 1 is 1.29 bits per heavy atom. The first-order valence-electron chi connectivity index (χ1n) is 7.32. The number of hydrogen-bond donors (Lipinski definition) is 3. The topological polar surface area (TPSA) is 70.2 Å². The lowest BCUT2D eigenvalue weighted by Crippen LogP contribution is -2.56. The number of carbonyl (C=O) groups excluding carboxylic acids is 2. The van der Waals surface area contributed by atoms with E-state index < -0.39 is 11.6 Å². The van der Waals surface area contributed by atoms with Crippen LogP contribution in [-0.4, -0.2) is 29.9 Å². The average Bonchev–Trinajstić information content (AvgIpc) is 2.43. The summed E-state index contributed by atoms with van der Waals surface area (Å²) in [5.74, 6) is -0.272. The number of carbonyl (C=O) groups is 2. The first kappa shape index (κ1) is 15.4. The predicted molar refractivity (Wildman–Crippen MR) is 83.1 cm³/mol. The van der Waals surface area contributed by atoms with Crippen molar-refractivity contribution in [2.24, 2.45) is 0 Å². The van der Waals surface area contributed by atoms with E-state index in [-0.39, 0.29) is 11.8 Å². The van der Waals surface area contributed by atoms with Crippen molar-refractivity contribution >= 4 is 17.5 Å². The van der Waals surface area contributed by atoms with E-state index in [0.29, 0.717) is 13.0 Å². The minimum atomic E-state index is -0.785. The summed E-state index contributed by atoms with van der Waals surface area (Å²) in [4.78, 5) is 24.1. The molecule has 1 heterocycles. The zero-order valence-corrected chi connectivity index (χ0v) is 12.8. The molecule has 0 aromatic heterocycles. The highest BCUT2D eigenvalue weighted by atomic mass is 16.2. The molecule has 0 aliphatic carbocycles. The molecule has 2 rings (SSSR count). The van der Waals surface area contributed by atoms with E-state index in [4.69, 9.17) is 0 Å². The normalized spacial score (nSPS) is 18.8. The number of benzene rings is 1. The predicted octanol–water partition coefficient (Wildman–Crippen LogP) is 1.58. The fraction of sp³-hybridized carbons (Fsp3) is 0.500.